The lowest BCUT2D eigenvalue weighted by molar-refractivity contribution is -0.117. The van der Waals surface area contributed by atoms with Gasteiger partial charge in [0.15, 0.2) is 0 Å². The number of amides is 2. The number of methoxy groups -OCH3 is 1. The SMILES string of the molecule is COc1ccc(NC(=O)c2ccc(NC(=O)C3CCCN3)cc2)cc1.Cl. The molecule has 1 unspecified atom stereocenters. The van der Waals surface area contributed by atoms with Crippen LogP contribution < -0.4 is 20.7 Å². The van der Waals surface area contributed by atoms with E-state index < -0.39 is 0 Å². The Balaban J connectivity index is 0.00000243. The molecular formula is C19H22ClN3O3. The van der Waals surface area contributed by atoms with Crippen molar-refractivity contribution in [3.05, 3.63) is 54.1 Å². The summed E-state index contributed by atoms with van der Waals surface area (Å²) >= 11 is 0. The molecule has 26 heavy (non-hydrogen) atoms. The fourth-order valence-electron chi connectivity index (χ4n) is 2.72. The summed E-state index contributed by atoms with van der Waals surface area (Å²) in [6.45, 7) is 0.878. The number of halogens is 1. The third-order valence-electron chi connectivity index (χ3n) is 4.14. The minimum absolute atomic E-state index is 0. The standard InChI is InChI=1S/C19H21N3O3.ClH/c1-25-16-10-8-15(9-11-16)21-18(23)13-4-6-14(7-5-13)22-19(24)17-3-2-12-20-17;/h4-11,17,20H,2-3,12H2,1H3,(H,21,23)(H,22,24);1H. The number of hydrogen-bond acceptors (Lipinski definition) is 4. The summed E-state index contributed by atoms with van der Waals surface area (Å²) in [5, 5.41) is 8.84. The van der Waals surface area contributed by atoms with Crippen molar-refractivity contribution >= 4 is 35.6 Å². The van der Waals surface area contributed by atoms with E-state index in [1.807, 2.05) is 0 Å². The highest BCUT2D eigenvalue weighted by Gasteiger charge is 2.21. The van der Waals surface area contributed by atoms with Gasteiger partial charge in [0.25, 0.3) is 5.91 Å². The van der Waals surface area contributed by atoms with E-state index in [0.717, 1.165) is 25.1 Å². The van der Waals surface area contributed by atoms with Crippen LogP contribution in [0.2, 0.25) is 0 Å². The van der Waals surface area contributed by atoms with Crippen molar-refractivity contribution in [2.24, 2.45) is 0 Å². The molecule has 0 bridgehead atoms. The van der Waals surface area contributed by atoms with E-state index in [1.165, 1.54) is 0 Å². The van der Waals surface area contributed by atoms with E-state index in [1.54, 1.807) is 55.6 Å². The highest BCUT2D eigenvalue weighted by atomic mass is 35.5. The van der Waals surface area contributed by atoms with Crippen LogP contribution in [0.3, 0.4) is 0 Å². The zero-order valence-corrected chi connectivity index (χ0v) is 15.3. The minimum Gasteiger partial charge on any atom is -0.497 e. The van der Waals surface area contributed by atoms with Crippen LogP contribution in [0, 0.1) is 0 Å². The molecule has 1 aliphatic heterocycles. The smallest absolute Gasteiger partial charge is 0.255 e. The van der Waals surface area contributed by atoms with Gasteiger partial charge >= 0.3 is 0 Å². The molecule has 2 aromatic rings. The van der Waals surface area contributed by atoms with Crippen molar-refractivity contribution in [2.45, 2.75) is 18.9 Å². The van der Waals surface area contributed by atoms with Gasteiger partial charge in [-0.3, -0.25) is 9.59 Å². The molecule has 1 aliphatic rings. The van der Waals surface area contributed by atoms with Gasteiger partial charge in [-0.2, -0.15) is 0 Å². The van der Waals surface area contributed by atoms with Gasteiger partial charge in [-0.05, 0) is 67.9 Å². The molecule has 0 aromatic heterocycles. The fraction of sp³-hybridized carbons (Fsp3) is 0.263. The van der Waals surface area contributed by atoms with E-state index in [2.05, 4.69) is 16.0 Å². The van der Waals surface area contributed by atoms with Crippen molar-refractivity contribution in [2.75, 3.05) is 24.3 Å². The summed E-state index contributed by atoms with van der Waals surface area (Å²) in [5.74, 6) is 0.489. The lowest BCUT2D eigenvalue weighted by Crippen LogP contribution is -2.35. The predicted molar refractivity (Wildman–Crippen MR) is 104 cm³/mol. The second kappa shape index (κ2) is 9.22. The Labute approximate surface area is 158 Å². The molecule has 3 rings (SSSR count). The Morgan fingerprint density at radius 3 is 2.19 bits per heavy atom. The maximum atomic E-state index is 12.3. The maximum absolute atomic E-state index is 12.3. The number of anilines is 2. The van der Waals surface area contributed by atoms with Crippen molar-refractivity contribution in [1.29, 1.82) is 0 Å². The Hall–Kier alpha value is -2.57. The monoisotopic (exact) mass is 375 g/mol. The average molecular weight is 376 g/mol. The van der Waals surface area contributed by atoms with Crippen LogP contribution in [-0.4, -0.2) is 31.5 Å². The second-order valence-electron chi connectivity index (χ2n) is 5.90. The number of benzene rings is 2. The van der Waals surface area contributed by atoms with Crippen LogP contribution >= 0.6 is 12.4 Å². The Morgan fingerprint density at radius 1 is 1.00 bits per heavy atom. The summed E-state index contributed by atoms with van der Waals surface area (Å²) in [4.78, 5) is 24.3. The van der Waals surface area contributed by atoms with Gasteiger partial charge < -0.3 is 20.7 Å². The van der Waals surface area contributed by atoms with E-state index >= 15 is 0 Å². The predicted octanol–water partition coefficient (Wildman–Crippen LogP) is 3.06. The summed E-state index contributed by atoms with van der Waals surface area (Å²) in [6, 6.07) is 13.8. The van der Waals surface area contributed by atoms with Crippen LogP contribution in [0.1, 0.15) is 23.2 Å². The van der Waals surface area contributed by atoms with Gasteiger partial charge in [0.2, 0.25) is 5.91 Å². The molecule has 0 spiro atoms. The average Bonchev–Trinajstić information content (AvgIpc) is 3.18. The number of rotatable bonds is 5. The third kappa shape index (κ3) is 4.97. The number of nitrogens with one attached hydrogen (secondary N) is 3. The van der Waals surface area contributed by atoms with Crippen LogP contribution in [0.5, 0.6) is 5.75 Å². The molecule has 6 nitrogen and oxygen atoms in total. The fourth-order valence-corrected chi connectivity index (χ4v) is 2.72. The summed E-state index contributed by atoms with van der Waals surface area (Å²) in [7, 11) is 1.59. The molecule has 7 heteroatoms. The number of ether oxygens (including phenoxy) is 1. The van der Waals surface area contributed by atoms with E-state index in [0.29, 0.717) is 16.9 Å². The molecule has 1 atom stereocenters. The first-order valence-electron chi connectivity index (χ1n) is 8.25. The van der Waals surface area contributed by atoms with Crippen molar-refractivity contribution in [1.82, 2.24) is 5.32 Å². The lowest BCUT2D eigenvalue weighted by Gasteiger charge is -2.11. The Bertz CT molecular complexity index is 742. The molecule has 0 aliphatic carbocycles. The zero-order chi connectivity index (χ0) is 17.6. The second-order valence-corrected chi connectivity index (χ2v) is 5.90. The largest absolute Gasteiger partial charge is 0.497 e. The Kier molecular flexibility index (Phi) is 7.00. The lowest BCUT2D eigenvalue weighted by atomic mass is 10.1. The van der Waals surface area contributed by atoms with Crippen LogP contribution in [0.25, 0.3) is 0 Å². The number of carbonyl (C=O) groups excluding carboxylic acids is 2. The quantitative estimate of drug-likeness (QED) is 0.750. The molecular weight excluding hydrogens is 354 g/mol. The Morgan fingerprint density at radius 2 is 1.62 bits per heavy atom. The first kappa shape index (κ1) is 19.8. The van der Waals surface area contributed by atoms with Crippen molar-refractivity contribution in [3.8, 4) is 5.75 Å². The third-order valence-corrected chi connectivity index (χ3v) is 4.14. The highest BCUT2D eigenvalue weighted by Crippen LogP contribution is 2.17. The van der Waals surface area contributed by atoms with Gasteiger partial charge in [0.1, 0.15) is 5.75 Å². The van der Waals surface area contributed by atoms with Gasteiger partial charge in [0, 0.05) is 16.9 Å². The van der Waals surface area contributed by atoms with Crippen LogP contribution in [0.4, 0.5) is 11.4 Å². The van der Waals surface area contributed by atoms with Crippen molar-refractivity contribution < 1.29 is 14.3 Å². The van der Waals surface area contributed by atoms with Crippen molar-refractivity contribution in [3.63, 3.8) is 0 Å². The molecule has 0 saturated carbocycles. The topological polar surface area (TPSA) is 79.5 Å². The summed E-state index contributed by atoms with van der Waals surface area (Å²) < 4.78 is 5.09. The van der Waals surface area contributed by atoms with Crippen LogP contribution in [0.15, 0.2) is 48.5 Å². The first-order chi connectivity index (χ1) is 12.2. The summed E-state index contributed by atoms with van der Waals surface area (Å²) in [5.41, 5.74) is 1.89. The zero-order valence-electron chi connectivity index (χ0n) is 14.5. The molecule has 1 saturated heterocycles. The highest BCUT2D eigenvalue weighted by molar-refractivity contribution is 6.04. The number of carbonyl (C=O) groups is 2. The molecule has 3 N–H and O–H groups in total. The van der Waals surface area contributed by atoms with Gasteiger partial charge in [-0.1, -0.05) is 0 Å². The first-order valence-corrected chi connectivity index (χ1v) is 8.25. The minimum atomic E-state index is -0.208. The van der Waals surface area contributed by atoms with Gasteiger partial charge in [-0.15, -0.1) is 12.4 Å². The van der Waals surface area contributed by atoms with E-state index in [9.17, 15) is 9.59 Å². The van der Waals surface area contributed by atoms with Gasteiger partial charge in [0.05, 0.1) is 13.2 Å². The van der Waals surface area contributed by atoms with Gasteiger partial charge in [-0.25, -0.2) is 0 Å². The molecule has 1 fully saturated rings. The maximum Gasteiger partial charge on any atom is 0.255 e. The molecule has 1 heterocycles. The normalized spacial score (nSPS) is 15.7. The van der Waals surface area contributed by atoms with Crippen LogP contribution in [-0.2, 0) is 4.79 Å². The summed E-state index contributed by atoms with van der Waals surface area (Å²) in [6.07, 6.45) is 1.87. The van der Waals surface area contributed by atoms with E-state index in [-0.39, 0.29) is 30.3 Å². The molecule has 138 valence electrons. The number of hydrogen-bond donors (Lipinski definition) is 3. The molecule has 0 radical (unpaired) electrons. The molecule has 2 amide bonds. The molecule has 2 aromatic carbocycles. The van der Waals surface area contributed by atoms with E-state index in [4.69, 9.17) is 4.74 Å².